The summed E-state index contributed by atoms with van der Waals surface area (Å²) in [6, 6.07) is 16.7. The van der Waals surface area contributed by atoms with Crippen LogP contribution < -0.4 is 0 Å². The zero-order chi connectivity index (χ0) is 16.2. The highest BCUT2D eigenvalue weighted by molar-refractivity contribution is 9.10. The second-order valence-electron chi connectivity index (χ2n) is 4.62. The van der Waals surface area contributed by atoms with Gasteiger partial charge in [0.2, 0.25) is 5.89 Å². The third-order valence-electron chi connectivity index (χ3n) is 3.07. The van der Waals surface area contributed by atoms with Crippen LogP contribution in [0.15, 0.2) is 57.4 Å². The van der Waals surface area contributed by atoms with E-state index >= 15 is 0 Å². The summed E-state index contributed by atoms with van der Waals surface area (Å²) < 4.78 is 6.49. The molecule has 0 saturated heterocycles. The largest absolute Gasteiger partial charge is 0.415 e. The van der Waals surface area contributed by atoms with Gasteiger partial charge in [-0.2, -0.15) is 5.26 Å². The number of halogens is 2. The van der Waals surface area contributed by atoms with E-state index in [2.05, 4.69) is 32.2 Å². The maximum absolute atomic E-state index is 8.79. The van der Waals surface area contributed by atoms with Gasteiger partial charge in [-0.25, -0.2) is 0 Å². The van der Waals surface area contributed by atoms with Gasteiger partial charge in [-0.3, -0.25) is 0 Å². The zero-order valence-electron chi connectivity index (χ0n) is 11.7. The molecule has 0 radical (unpaired) electrons. The van der Waals surface area contributed by atoms with E-state index in [1.165, 1.54) is 0 Å². The third-order valence-corrected chi connectivity index (χ3v) is 4.03. The normalized spacial score (nSPS) is 11.3. The van der Waals surface area contributed by atoms with Crippen LogP contribution in [0.25, 0.3) is 22.6 Å². The van der Waals surface area contributed by atoms with Gasteiger partial charge in [0.15, 0.2) is 0 Å². The van der Waals surface area contributed by atoms with E-state index in [0.29, 0.717) is 16.5 Å². The predicted octanol–water partition coefficient (Wildman–Crippen LogP) is 5.11. The Balaban J connectivity index is 1.89. The lowest BCUT2D eigenvalue weighted by atomic mass is 10.1. The molecule has 0 bridgehead atoms. The van der Waals surface area contributed by atoms with Crippen LogP contribution >= 0.6 is 27.5 Å². The van der Waals surface area contributed by atoms with Crippen molar-refractivity contribution in [1.82, 2.24) is 10.2 Å². The lowest BCUT2D eigenvalue weighted by Crippen LogP contribution is -1.79. The highest BCUT2D eigenvalue weighted by Crippen LogP contribution is 2.29. The van der Waals surface area contributed by atoms with Gasteiger partial charge in [-0.1, -0.05) is 35.9 Å². The van der Waals surface area contributed by atoms with Gasteiger partial charge in [0.05, 0.1) is 17.2 Å². The highest BCUT2D eigenvalue weighted by atomic mass is 79.9. The molecule has 2 aromatic carbocycles. The summed E-state index contributed by atoms with van der Waals surface area (Å²) in [5.74, 6) is 0.626. The summed E-state index contributed by atoms with van der Waals surface area (Å²) in [5, 5.41) is 17.1. The average molecular weight is 387 g/mol. The Bertz CT molecular complexity index is 910. The number of nitrogens with zero attached hydrogens (tertiary/aromatic N) is 3. The van der Waals surface area contributed by atoms with Crippen LogP contribution in [0.5, 0.6) is 0 Å². The molecule has 3 rings (SSSR count). The van der Waals surface area contributed by atoms with Crippen LogP contribution in [0.1, 0.15) is 17.0 Å². The molecule has 112 valence electrons. The van der Waals surface area contributed by atoms with Gasteiger partial charge in [0.25, 0.3) is 5.89 Å². The van der Waals surface area contributed by atoms with Crippen molar-refractivity contribution in [3.8, 4) is 17.5 Å². The molecule has 0 aliphatic rings. The molecule has 0 aliphatic heterocycles. The van der Waals surface area contributed by atoms with Crippen LogP contribution in [-0.2, 0) is 0 Å². The van der Waals surface area contributed by atoms with E-state index in [0.717, 1.165) is 15.6 Å². The van der Waals surface area contributed by atoms with Crippen LogP contribution in [0.2, 0.25) is 0 Å². The fourth-order valence-electron chi connectivity index (χ4n) is 1.93. The lowest BCUT2D eigenvalue weighted by molar-refractivity contribution is 0.556. The van der Waals surface area contributed by atoms with Gasteiger partial charge in [-0.05, 0) is 51.8 Å². The van der Waals surface area contributed by atoms with Crippen LogP contribution in [0.3, 0.4) is 0 Å². The molecule has 0 spiro atoms. The average Bonchev–Trinajstić information content (AvgIpc) is 3.06. The van der Waals surface area contributed by atoms with E-state index in [1.807, 2.05) is 24.3 Å². The summed E-state index contributed by atoms with van der Waals surface area (Å²) in [6.45, 7) is 0. The van der Waals surface area contributed by atoms with Gasteiger partial charge >= 0.3 is 0 Å². The molecule has 23 heavy (non-hydrogen) atoms. The van der Waals surface area contributed by atoms with Crippen LogP contribution in [0.4, 0.5) is 0 Å². The molecular weight excluding hydrogens is 378 g/mol. The first kappa shape index (κ1) is 15.5. The molecule has 4 nitrogen and oxygen atoms in total. The first-order valence-corrected chi connectivity index (χ1v) is 7.80. The van der Waals surface area contributed by atoms with E-state index in [-0.39, 0.29) is 5.89 Å². The highest BCUT2D eigenvalue weighted by Gasteiger charge is 2.13. The first-order chi connectivity index (χ1) is 11.2. The van der Waals surface area contributed by atoms with Crippen molar-refractivity contribution >= 4 is 38.6 Å². The fraction of sp³-hybridized carbons (Fsp3) is 0. The maximum atomic E-state index is 8.79. The summed E-state index contributed by atoms with van der Waals surface area (Å²) in [4.78, 5) is 0. The molecule has 1 aromatic heterocycles. The molecule has 0 amide bonds. The molecule has 0 aliphatic carbocycles. The smallest absolute Gasteiger partial charge is 0.259 e. The number of nitriles is 1. The maximum Gasteiger partial charge on any atom is 0.259 e. The summed E-state index contributed by atoms with van der Waals surface area (Å²) in [7, 11) is 0. The Hall–Kier alpha value is -2.42. The quantitative estimate of drug-likeness (QED) is 0.627. The third kappa shape index (κ3) is 3.50. The Kier molecular flexibility index (Phi) is 4.56. The number of hydrogen-bond acceptors (Lipinski definition) is 4. The molecule has 6 heteroatoms. The molecule has 1 heterocycles. The van der Waals surface area contributed by atoms with Crippen molar-refractivity contribution in [2.75, 3.05) is 0 Å². The van der Waals surface area contributed by atoms with E-state index < -0.39 is 0 Å². The zero-order valence-corrected chi connectivity index (χ0v) is 14.0. The van der Waals surface area contributed by atoms with Crippen molar-refractivity contribution in [2.45, 2.75) is 0 Å². The number of hydrogen-bond donors (Lipinski definition) is 0. The van der Waals surface area contributed by atoms with Crippen molar-refractivity contribution in [3.63, 3.8) is 0 Å². The van der Waals surface area contributed by atoms with Gasteiger partial charge in [0.1, 0.15) is 5.03 Å². The van der Waals surface area contributed by atoms with Crippen LogP contribution in [-0.4, -0.2) is 10.2 Å². The molecule has 0 fully saturated rings. The molecular formula is C17H9BrClN3O. The number of rotatable bonds is 3. The minimum Gasteiger partial charge on any atom is -0.415 e. The molecule has 3 aromatic rings. The minimum atomic E-state index is 0.238. The summed E-state index contributed by atoms with van der Waals surface area (Å²) in [5.41, 5.74) is 2.23. The minimum absolute atomic E-state index is 0.238. The fourth-order valence-corrected chi connectivity index (χ4v) is 2.58. The second-order valence-corrected chi connectivity index (χ2v) is 5.88. The molecule has 0 atom stereocenters. The Morgan fingerprint density at radius 2 is 1.87 bits per heavy atom. The first-order valence-electron chi connectivity index (χ1n) is 6.63. The summed E-state index contributed by atoms with van der Waals surface area (Å²) >= 11 is 9.69. The van der Waals surface area contributed by atoms with Crippen molar-refractivity contribution in [3.05, 3.63) is 70.0 Å². The van der Waals surface area contributed by atoms with Crippen molar-refractivity contribution in [1.29, 1.82) is 5.26 Å². The van der Waals surface area contributed by atoms with E-state index in [4.69, 9.17) is 21.3 Å². The predicted molar refractivity (Wildman–Crippen MR) is 92.3 cm³/mol. The Morgan fingerprint density at radius 3 is 2.57 bits per heavy atom. The second kappa shape index (κ2) is 6.78. The SMILES string of the molecule is N#Cc1ccc(/C=C(\Cl)c2nnc(-c3ccccc3Br)o2)cc1. The van der Waals surface area contributed by atoms with Gasteiger partial charge < -0.3 is 4.42 Å². The monoisotopic (exact) mass is 385 g/mol. The topological polar surface area (TPSA) is 62.7 Å². The number of aromatic nitrogens is 2. The molecule has 0 unspecified atom stereocenters. The standard InChI is InChI=1S/C17H9BrClN3O/c18-14-4-2-1-3-13(14)16-21-22-17(23-16)15(19)9-11-5-7-12(10-20)8-6-11/h1-9H/b15-9-. The molecule has 0 N–H and O–H groups in total. The number of benzene rings is 2. The lowest BCUT2D eigenvalue weighted by Gasteiger charge is -1.97. The van der Waals surface area contributed by atoms with Gasteiger partial charge in [0, 0.05) is 4.47 Å². The molecule has 0 saturated carbocycles. The Morgan fingerprint density at radius 1 is 1.13 bits per heavy atom. The van der Waals surface area contributed by atoms with Gasteiger partial charge in [-0.15, -0.1) is 10.2 Å². The van der Waals surface area contributed by atoms with E-state index in [9.17, 15) is 0 Å². The summed E-state index contributed by atoms with van der Waals surface area (Å²) in [6.07, 6.45) is 1.71. The Labute approximate surface area is 146 Å². The van der Waals surface area contributed by atoms with Crippen molar-refractivity contribution < 1.29 is 4.42 Å². The van der Waals surface area contributed by atoms with Crippen molar-refractivity contribution in [2.24, 2.45) is 0 Å². The van der Waals surface area contributed by atoms with Crippen LogP contribution in [0, 0.1) is 11.3 Å². The van der Waals surface area contributed by atoms with E-state index in [1.54, 1.807) is 30.3 Å².